The van der Waals surface area contributed by atoms with Crippen LogP contribution in [0.2, 0.25) is 0 Å². The topological polar surface area (TPSA) is 30.5 Å². The van der Waals surface area contributed by atoms with E-state index >= 15 is 0 Å². The van der Waals surface area contributed by atoms with E-state index in [0.29, 0.717) is 0 Å². The molecule has 2 atom stereocenters. The predicted molar refractivity (Wildman–Crippen MR) is 124 cm³/mol. The second-order valence-electron chi connectivity index (χ2n) is 8.42. The van der Waals surface area contributed by atoms with Gasteiger partial charge in [-0.25, -0.2) is 4.39 Å². The number of hydrogen-bond acceptors (Lipinski definition) is 3. The summed E-state index contributed by atoms with van der Waals surface area (Å²) in [5.41, 5.74) is 3.21. The summed E-state index contributed by atoms with van der Waals surface area (Å²) in [6.45, 7) is 9.36. The molecule has 1 N–H and O–H groups in total. The molecule has 2 aromatic rings. The molecular formula is C26H38FNO2. The van der Waals surface area contributed by atoms with Crippen LogP contribution < -0.4 is 10.1 Å². The number of nitrogens with one attached hydrogen (secondary N) is 1. The van der Waals surface area contributed by atoms with Crippen molar-refractivity contribution in [2.24, 2.45) is 5.41 Å². The van der Waals surface area contributed by atoms with Crippen molar-refractivity contribution < 1.29 is 13.9 Å². The van der Waals surface area contributed by atoms with E-state index in [1.165, 1.54) is 11.6 Å². The Bertz CT molecular complexity index is 790. The van der Waals surface area contributed by atoms with E-state index < -0.39 is 0 Å². The molecule has 3 nitrogen and oxygen atoms in total. The largest absolute Gasteiger partial charge is 0.490 e. The van der Waals surface area contributed by atoms with E-state index in [2.05, 4.69) is 31.3 Å². The van der Waals surface area contributed by atoms with Crippen molar-refractivity contribution in [1.82, 2.24) is 5.32 Å². The van der Waals surface area contributed by atoms with Crippen LogP contribution in [0.1, 0.15) is 52.5 Å². The van der Waals surface area contributed by atoms with E-state index in [-0.39, 0.29) is 23.4 Å². The van der Waals surface area contributed by atoms with Crippen molar-refractivity contribution in [3.05, 3.63) is 53.8 Å². The first-order valence-electron chi connectivity index (χ1n) is 11.2. The average Bonchev–Trinajstić information content (AvgIpc) is 2.73. The number of rotatable bonds is 7. The SMILES string of the molecule is CC.CNCCc1ccc(OC2CCC(OC)C(C)(C)C2)cc1-c1cccc(F)c1. The van der Waals surface area contributed by atoms with Gasteiger partial charge < -0.3 is 14.8 Å². The Hall–Kier alpha value is -1.91. The first-order chi connectivity index (χ1) is 14.4. The number of ether oxygens (including phenoxy) is 2. The van der Waals surface area contributed by atoms with Gasteiger partial charge in [0.05, 0.1) is 12.2 Å². The van der Waals surface area contributed by atoms with Crippen molar-refractivity contribution in [2.75, 3.05) is 20.7 Å². The molecule has 3 rings (SSSR count). The zero-order chi connectivity index (χ0) is 22.1. The summed E-state index contributed by atoms with van der Waals surface area (Å²) < 4.78 is 25.8. The first kappa shape index (κ1) is 24.4. The summed E-state index contributed by atoms with van der Waals surface area (Å²) in [6, 6.07) is 13.0. The fourth-order valence-electron chi connectivity index (χ4n) is 4.31. The van der Waals surface area contributed by atoms with Gasteiger partial charge >= 0.3 is 0 Å². The normalized spacial score (nSPS) is 20.2. The lowest BCUT2D eigenvalue weighted by atomic mass is 9.73. The Kier molecular flexibility index (Phi) is 9.32. The van der Waals surface area contributed by atoms with Gasteiger partial charge in [-0.1, -0.05) is 45.9 Å². The van der Waals surface area contributed by atoms with Gasteiger partial charge in [-0.2, -0.15) is 0 Å². The molecule has 0 radical (unpaired) electrons. The molecule has 0 aromatic heterocycles. The Morgan fingerprint density at radius 2 is 1.87 bits per heavy atom. The maximum atomic E-state index is 13.8. The molecule has 0 aliphatic heterocycles. The van der Waals surface area contributed by atoms with Crippen molar-refractivity contribution in [3.63, 3.8) is 0 Å². The summed E-state index contributed by atoms with van der Waals surface area (Å²) in [5, 5.41) is 3.19. The zero-order valence-electron chi connectivity index (χ0n) is 19.4. The minimum absolute atomic E-state index is 0.0930. The van der Waals surface area contributed by atoms with Crippen LogP contribution in [0.4, 0.5) is 4.39 Å². The highest BCUT2D eigenvalue weighted by Gasteiger charge is 2.37. The van der Waals surface area contributed by atoms with Crippen molar-refractivity contribution in [3.8, 4) is 16.9 Å². The molecule has 1 aliphatic rings. The van der Waals surface area contributed by atoms with E-state index in [4.69, 9.17) is 9.47 Å². The Balaban J connectivity index is 0.00000155. The number of methoxy groups -OCH3 is 1. The highest BCUT2D eigenvalue weighted by atomic mass is 19.1. The summed E-state index contributed by atoms with van der Waals surface area (Å²) >= 11 is 0. The van der Waals surface area contributed by atoms with Crippen LogP contribution in [-0.4, -0.2) is 32.9 Å². The molecule has 0 heterocycles. The molecule has 0 spiro atoms. The molecular weight excluding hydrogens is 377 g/mol. The van der Waals surface area contributed by atoms with Gasteiger partial charge in [0.15, 0.2) is 0 Å². The third-order valence-electron chi connectivity index (χ3n) is 5.82. The third kappa shape index (κ3) is 6.29. The molecule has 1 aliphatic carbocycles. The quantitative estimate of drug-likeness (QED) is 0.579. The number of benzene rings is 2. The minimum Gasteiger partial charge on any atom is -0.490 e. The molecule has 4 heteroatoms. The van der Waals surface area contributed by atoms with Gasteiger partial charge in [0.1, 0.15) is 11.6 Å². The summed E-state index contributed by atoms with van der Waals surface area (Å²) in [4.78, 5) is 0. The Labute approximate surface area is 182 Å². The van der Waals surface area contributed by atoms with Crippen LogP contribution in [0.5, 0.6) is 5.75 Å². The monoisotopic (exact) mass is 415 g/mol. The smallest absolute Gasteiger partial charge is 0.123 e. The fourth-order valence-corrected chi connectivity index (χ4v) is 4.31. The lowest BCUT2D eigenvalue weighted by molar-refractivity contribution is -0.0555. The summed E-state index contributed by atoms with van der Waals surface area (Å²) in [6.07, 6.45) is 4.28. The van der Waals surface area contributed by atoms with Crippen LogP contribution >= 0.6 is 0 Å². The molecule has 2 aromatic carbocycles. The second kappa shape index (κ2) is 11.5. The van der Waals surface area contributed by atoms with Crippen LogP contribution in [-0.2, 0) is 11.2 Å². The van der Waals surface area contributed by atoms with E-state index in [1.807, 2.05) is 33.0 Å². The van der Waals surface area contributed by atoms with Crippen LogP contribution in [0, 0.1) is 11.2 Å². The van der Waals surface area contributed by atoms with Gasteiger partial charge in [0, 0.05) is 7.11 Å². The minimum atomic E-state index is -0.219. The number of halogens is 1. The van der Waals surface area contributed by atoms with Crippen molar-refractivity contribution in [1.29, 1.82) is 0 Å². The van der Waals surface area contributed by atoms with E-state index in [9.17, 15) is 4.39 Å². The van der Waals surface area contributed by atoms with Crippen LogP contribution in [0.25, 0.3) is 11.1 Å². The van der Waals surface area contributed by atoms with E-state index in [0.717, 1.165) is 49.1 Å². The Morgan fingerprint density at radius 3 is 2.50 bits per heavy atom. The maximum absolute atomic E-state index is 13.8. The predicted octanol–water partition coefficient (Wildman–Crippen LogP) is 6.25. The molecule has 0 saturated heterocycles. The standard InChI is InChI=1S/C24H32FNO2.C2H6/c1-24(2)16-21(10-11-23(24)27-4)28-20-9-8-17(12-13-26-3)22(15-20)18-6-5-7-19(25)14-18;1-2/h5-9,14-15,21,23,26H,10-13,16H2,1-4H3;1-2H3. The molecule has 30 heavy (non-hydrogen) atoms. The van der Waals surface area contributed by atoms with Crippen molar-refractivity contribution in [2.45, 2.75) is 65.6 Å². The highest BCUT2D eigenvalue weighted by molar-refractivity contribution is 5.69. The Morgan fingerprint density at radius 1 is 1.10 bits per heavy atom. The summed E-state index contributed by atoms with van der Waals surface area (Å²) in [7, 11) is 3.74. The van der Waals surface area contributed by atoms with Gasteiger partial charge in [-0.15, -0.1) is 0 Å². The zero-order valence-corrected chi connectivity index (χ0v) is 19.4. The fraction of sp³-hybridized carbons (Fsp3) is 0.538. The third-order valence-corrected chi connectivity index (χ3v) is 5.82. The number of hydrogen-bond donors (Lipinski definition) is 1. The molecule has 0 bridgehead atoms. The lowest BCUT2D eigenvalue weighted by Gasteiger charge is -2.41. The lowest BCUT2D eigenvalue weighted by Crippen LogP contribution is -2.41. The molecule has 166 valence electrons. The van der Waals surface area contributed by atoms with E-state index in [1.54, 1.807) is 19.2 Å². The van der Waals surface area contributed by atoms with Crippen LogP contribution in [0.3, 0.4) is 0 Å². The molecule has 1 saturated carbocycles. The summed E-state index contributed by atoms with van der Waals surface area (Å²) in [5.74, 6) is 0.632. The average molecular weight is 416 g/mol. The van der Waals surface area contributed by atoms with Gasteiger partial charge in [-0.05, 0) is 85.6 Å². The highest BCUT2D eigenvalue weighted by Crippen LogP contribution is 2.39. The maximum Gasteiger partial charge on any atom is 0.123 e. The van der Waals surface area contributed by atoms with Gasteiger partial charge in [0.2, 0.25) is 0 Å². The molecule has 0 amide bonds. The van der Waals surface area contributed by atoms with Crippen LogP contribution in [0.15, 0.2) is 42.5 Å². The first-order valence-corrected chi connectivity index (χ1v) is 11.2. The van der Waals surface area contributed by atoms with Gasteiger partial charge in [0.25, 0.3) is 0 Å². The second-order valence-corrected chi connectivity index (χ2v) is 8.42. The molecule has 1 fully saturated rings. The molecule has 2 unspecified atom stereocenters. The number of likely N-dealkylation sites (N-methyl/N-ethyl adjacent to an activating group) is 1. The van der Waals surface area contributed by atoms with Crippen molar-refractivity contribution >= 4 is 0 Å². The van der Waals surface area contributed by atoms with Gasteiger partial charge in [-0.3, -0.25) is 0 Å².